The lowest BCUT2D eigenvalue weighted by atomic mass is 10.0. The van der Waals surface area contributed by atoms with Gasteiger partial charge in [0.15, 0.2) is 0 Å². The van der Waals surface area contributed by atoms with E-state index in [0.717, 1.165) is 22.2 Å². The maximum absolute atomic E-state index is 4.69. The van der Waals surface area contributed by atoms with Crippen LogP contribution >= 0.6 is 11.3 Å². The summed E-state index contributed by atoms with van der Waals surface area (Å²) in [6, 6.07) is 21.0. The Morgan fingerprint density at radius 1 is 0.696 bits per heavy atom. The van der Waals surface area contributed by atoms with Crippen molar-refractivity contribution in [3.05, 3.63) is 73.1 Å². The number of fused-ring (bicyclic) bond motifs is 4. The molecule has 23 heavy (non-hydrogen) atoms. The van der Waals surface area contributed by atoms with Crippen LogP contribution in [0.1, 0.15) is 0 Å². The summed E-state index contributed by atoms with van der Waals surface area (Å²) in [7, 11) is 0. The van der Waals surface area contributed by atoms with E-state index in [1.54, 1.807) is 11.3 Å². The summed E-state index contributed by atoms with van der Waals surface area (Å²) in [6.45, 7) is 0. The van der Waals surface area contributed by atoms with Crippen LogP contribution in [-0.2, 0) is 0 Å². The summed E-state index contributed by atoms with van der Waals surface area (Å²) in [4.78, 5) is 9.28. The maximum atomic E-state index is 4.69. The van der Waals surface area contributed by atoms with E-state index in [0.29, 0.717) is 0 Å². The van der Waals surface area contributed by atoms with Crippen molar-refractivity contribution in [1.29, 1.82) is 0 Å². The van der Waals surface area contributed by atoms with Crippen LogP contribution in [0.25, 0.3) is 42.3 Å². The molecule has 3 heterocycles. The van der Waals surface area contributed by atoms with Gasteiger partial charge in [0.1, 0.15) is 0 Å². The van der Waals surface area contributed by atoms with E-state index >= 15 is 0 Å². The molecule has 0 aliphatic rings. The van der Waals surface area contributed by atoms with Crippen molar-refractivity contribution in [2.24, 2.45) is 0 Å². The van der Waals surface area contributed by atoms with Crippen molar-refractivity contribution >= 4 is 42.4 Å². The second-order valence-corrected chi connectivity index (χ2v) is 6.57. The van der Waals surface area contributed by atoms with Gasteiger partial charge in [-0.25, -0.2) is 0 Å². The van der Waals surface area contributed by atoms with Gasteiger partial charge in [-0.05, 0) is 18.2 Å². The van der Waals surface area contributed by atoms with Crippen molar-refractivity contribution in [3.8, 4) is 11.3 Å². The molecule has 0 saturated heterocycles. The Kier molecular flexibility index (Phi) is 2.69. The number of para-hydroxylation sites is 1. The van der Waals surface area contributed by atoms with Gasteiger partial charge in [-0.2, -0.15) is 0 Å². The highest BCUT2D eigenvalue weighted by Crippen LogP contribution is 2.39. The topological polar surface area (TPSA) is 25.8 Å². The van der Waals surface area contributed by atoms with Crippen LogP contribution < -0.4 is 0 Å². The molecular weight excluding hydrogens is 300 g/mol. The molecular formula is C20H12N2S. The molecule has 0 N–H and O–H groups in total. The summed E-state index contributed by atoms with van der Waals surface area (Å²) >= 11 is 1.80. The largest absolute Gasteiger partial charge is 0.256 e. The number of rotatable bonds is 1. The molecule has 0 aliphatic heterocycles. The predicted molar refractivity (Wildman–Crippen MR) is 97.9 cm³/mol. The molecule has 0 spiro atoms. The minimum atomic E-state index is 1.01. The summed E-state index contributed by atoms with van der Waals surface area (Å²) in [5.74, 6) is 0. The Morgan fingerprint density at radius 2 is 1.61 bits per heavy atom. The predicted octanol–water partition coefficient (Wildman–Crippen LogP) is 5.66. The van der Waals surface area contributed by atoms with Gasteiger partial charge in [0.25, 0.3) is 0 Å². The molecule has 0 bridgehead atoms. The first kappa shape index (κ1) is 12.7. The first-order chi connectivity index (χ1) is 11.4. The monoisotopic (exact) mass is 312 g/mol. The molecule has 0 unspecified atom stereocenters. The van der Waals surface area contributed by atoms with Crippen molar-refractivity contribution in [2.45, 2.75) is 0 Å². The van der Waals surface area contributed by atoms with E-state index in [4.69, 9.17) is 4.98 Å². The van der Waals surface area contributed by atoms with Gasteiger partial charge in [0, 0.05) is 38.8 Å². The smallest absolute Gasteiger partial charge is 0.0902 e. The molecule has 0 atom stereocenters. The molecule has 0 fully saturated rings. The highest BCUT2D eigenvalue weighted by atomic mass is 32.1. The second-order valence-electron chi connectivity index (χ2n) is 5.52. The Morgan fingerprint density at radius 3 is 2.61 bits per heavy atom. The Labute approximate surface area is 137 Å². The van der Waals surface area contributed by atoms with Crippen LogP contribution in [0, 0.1) is 0 Å². The lowest BCUT2D eigenvalue weighted by molar-refractivity contribution is 1.35. The molecule has 2 aromatic carbocycles. The minimum Gasteiger partial charge on any atom is -0.256 e. The molecule has 2 nitrogen and oxygen atoms in total. The number of hydrogen-bond donors (Lipinski definition) is 0. The van der Waals surface area contributed by atoms with Crippen LogP contribution in [0.2, 0.25) is 0 Å². The number of benzene rings is 2. The Hall–Kier alpha value is -2.78. The van der Waals surface area contributed by atoms with Gasteiger partial charge in [-0.3, -0.25) is 9.97 Å². The molecule has 3 aromatic heterocycles. The Balaban J connectivity index is 1.93. The van der Waals surface area contributed by atoms with E-state index < -0.39 is 0 Å². The Bertz CT molecular complexity index is 1170. The summed E-state index contributed by atoms with van der Waals surface area (Å²) in [6.07, 6.45) is 3.75. The van der Waals surface area contributed by atoms with Crippen molar-refractivity contribution in [3.63, 3.8) is 0 Å². The molecule has 5 rings (SSSR count). The van der Waals surface area contributed by atoms with Gasteiger partial charge in [-0.15, -0.1) is 11.3 Å². The van der Waals surface area contributed by atoms with E-state index in [1.807, 2.05) is 18.5 Å². The summed E-state index contributed by atoms with van der Waals surface area (Å²) in [5, 5.41) is 3.71. The normalized spacial score (nSPS) is 11.5. The fourth-order valence-electron chi connectivity index (χ4n) is 3.14. The average molecular weight is 312 g/mol. The molecule has 0 radical (unpaired) electrons. The van der Waals surface area contributed by atoms with E-state index in [9.17, 15) is 0 Å². The average Bonchev–Trinajstić information content (AvgIpc) is 3.00. The van der Waals surface area contributed by atoms with E-state index in [1.165, 1.54) is 20.2 Å². The van der Waals surface area contributed by atoms with Gasteiger partial charge in [0.2, 0.25) is 0 Å². The number of hydrogen-bond acceptors (Lipinski definition) is 3. The van der Waals surface area contributed by atoms with Crippen LogP contribution in [0.3, 0.4) is 0 Å². The van der Waals surface area contributed by atoms with E-state index in [-0.39, 0.29) is 0 Å². The van der Waals surface area contributed by atoms with Gasteiger partial charge in [0.05, 0.1) is 15.9 Å². The van der Waals surface area contributed by atoms with Crippen molar-refractivity contribution in [2.75, 3.05) is 0 Å². The highest BCUT2D eigenvalue weighted by molar-refractivity contribution is 7.26. The van der Waals surface area contributed by atoms with Crippen LogP contribution in [-0.4, -0.2) is 9.97 Å². The fraction of sp³-hybridized carbons (Fsp3) is 0. The minimum absolute atomic E-state index is 1.01. The lowest BCUT2D eigenvalue weighted by Gasteiger charge is -2.06. The van der Waals surface area contributed by atoms with Gasteiger partial charge >= 0.3 is 0 Å². The molecule has 0 saturated carbocycles. The zero-order valence-corrected chi connectivity index (χ0v) is 13.0. The molecule has 0 amide bonds. The van der Waals surface area contributed by atoms with Crippen molar-refractivity contribution in [1.82, 2.24) is 9.97 Å². The highest BCUT2D eigenvalue weighted by Gasteiger charge is 2.13. The standard InChI is InChI=1S/C20H12N2S/c1-2-9-17-14(7-1)15-10-12-22-19(20(15)23-17)16-8-3-5-13-6-4-11-21-18(13)16/h1-12H. The molecule has 0 aliphatic carbocycles. The summed E-state index contributed by atoms with van der Waals surface area (Å²) in [5.41, 5.74) is 3.13. The van der Waals surface area contributed by atoms with Gasteiger partial charge in [-0.1, -0.05) is 42.5 Å². The first-order valence-corrected chi connectivity index (χ1v) is 8.34. The molecule has 5 aromatic rings. The number of nitrogens with zero attached hydrogens (tertiary/aromatic N) is 2. The SMILES string of the molecule is c1cnc2c(-c3nccc4c3sc3ccccc34)cccc2c1. The zero-order chi connectivity index (χ0) is 15.2. The maximum Gasteiger partial charge on any atom is 0.0902 e. The van der Waals surface area contributed by atoms with Crippen LogP contribution in [0.5, 0.6) is 0 Å². The second kappa shape index (κ2) is 4.86. The van der Waals surface area contributed by atoms with Crippen LogP contribution in [0.15, 0.2) is 73.1 Å². The quantitative estimate of drug-likeness (QED) is 0.399. The van der Waals surface area contributed by atoms with Gasteiger partial charge < -0.3 is 0 Å². The molecule has 108 valence electrons. The number of thiophene rings is 1. The zero-order valence-electron chi connectivity index (χ0n) is 12.2. The third kappa shape index (κ3) is 1.87. The lowest BCUT2D eigenvalue weighted by Crippen LogP contribution is -1.87. The third-order valence-electron chi connectivity index (χ3n) is 4.18. The van der Waals surface area contributed by atoms with Crippen LogP contribution in [0.4, 0.5) is 0 Å². The third-order valence-corrected chi connectivity index (χ3v) is 5.37. The van der Waals surface area contributed by atoms with E-state index in [2.05, 4.69) is 59.6 Å². The fourth-order valence-corrected chi connectivity index (χ4v) is 4.34. The number of aromatic nitrogens is 2. The first-order valence-electron chi connectivity index (χ1n) is 7.52. The van der Waals surface area contributed by atoms with Crippen molar-refractivity contribution < 1.29 is 0 Å². The summed E-state index contributed by atoms with van der Waals surface area (Å²) < 4.78 is 2.52. The number of pyridine rings is 2. The molecule has 3 heteroatoms.